The number of anilines is 1. The Morgan fingerprint density at radius 1 is 1.34 bits per heavy atom. The summed E-state index contributed by atoms with van der Waals surface area (Å²) in [4.78, 5) is 20.8. The van der Waals surface area contributed by atoms with Crippen LogP contribution in [-0.4, -0.2) is 31.4 Å². The van der Waals surface area contributed by atoms with Crippen LogP contribution in [0.15, 0.2) is 41.5 Å². The molecule has 1 aliphatic heterocycles. The number of aliphatic imine (C=N–C) groups is 1. The number of benzene rings is 1. The zero-order valence-electron chi connectivity index (χ0n) is 15.4. The van der Waals surface area contributed by atoms with Gasteiger partial charge in [0.25, 0.3) is 5.91 Å². The van der Waals surface area contributed by atoms with Gasteiger partial charge in [-0.2, -0.15) is 5.26 Å². The van der Waals surface area contributed by atoms with Crippen LogP contribution in [0.2, 0.25) is 0 Å². The molecule has 2 aliphatic rings. The van der Waals surface area contributed by atoms with Gasteiger partial charge in [-0.3, -0.25) is 14.0 Å². The maximum atomic E-state index is 14.5. The van der Waals surface area contributed by atoms with Crippen LogP contribution >= 0.6 is 0 Å². The molecule has 148 valence electrons. The van der Waals surface area contributed by atoms with Crippen LogP contribution in [0.4, 0.5) is 10.1 Å². The fourth-order valence-electron chi connectivity index (χ4n) is 3.55. The van der Waals surface area contributed by atoms with E-state index >= 15 is 0 Å². The first-order valence-corrected chi connectivity index (χ1v) is 10.4. The van der Waals surface area contributed by atoms with Crippen LogP contribution in [0.5, 0.6) is 0 Å². The number of nitrogens with one attached hydrogen (secondary N) is 1. The van der Waals surface area contributed by atoms with E-state index in [-0.39, 0.29) is 17.0 Å². The molecule has 2 heterocycles. The van der Waals surface area contributed by atoms with E-state index in [2.05, 4.69) is 15.3 Å². The SMILES string of the molecule is N#Cc1ccc(C(=O)Nc2ccc(F)c(C3CS(=O)C4(CCC4)C(N)=N3)c2)nc1. The van der Waals surface area contributed by atoms with Crippen LogP contribution in [0, 0.1) is 17.1 Å². The Morgan fingerprint density at radius 2 is 2.14 bits per heavy atom. The van der Waals surface area contributed by atoms with Crippen molar-refractivity contribution in [2.75, 3.05) is 11.1 Å². The van der Waals surface area contributed by atoms with Gasteiger partial charge in [0, 0.05) is 28.2 Å². The lowest BCUT2D eigenvalue weighted by atomic mass is 9.83. The van der Waals surface area contributed by atoms with E-state index in [4.69, 9.17) is 11.0 Å². The fourth-order valence-corrected chi connectivity index (χ4v) is 5.44. The Bertz CT molecular complexity index is 1070. The molecule has 1 amide bonds. The third kappa shape index (κ3) is 3.40. The lowest BCUT2D eigenvalue weighted by Crippen LogP contribution is -2.56. The second kappa shape index (κ2) is 7.37. The number of amidine groups is 1. The number of amides is 1. The maximum absolute atomic E-state index is 14.5. The van der Waals surface area contributed by atoms with E-state index in [1.54, 1.807) is 0 Å². The second-order valence-corrected chi connectivity index (χ2v) is 8.93. The molecule has 0 radical (unpaired) electrons. The summed E-state index contributed by atoms with van der Waals surface area (Å²) in [6, 6.07) is 8.34. The van der Waals surface area contributed by atoms with Crippen LogP contribution in [0.3, 0.4) is 0 Å². The maximum Gasteiger partial charge on any atom is 0.274 e. The van der Waals surface area contributed by atoms with Gasteiger partial charge >= 0.3 is 0 Å². The highest BCUT2D eigenvalue weighted by atomic mass is 32.2. The van der Waals surface area contributed by atoms with Crippen molar-refractivity contribution in [2.45, 2.75) is 30.1 Å². The summed E-state index contributed by atoms with van der Waals surface area (Å²) in [7, 11) is -1.22. The van der Waals surface area contributed by atoms with Gasteiger partial charge in [0.15, 0.2) is 0 Å². The average molecular weight is 411 g/mol. The zero-order valence-corrected chi connectivity index (χ0v) is 16.2. The van der Waals surface area contributed by atoms with E-state index in [9.17, 15) is 13.4 Å². The largest absolute Gasteiger partial charge is 0.386 e. The monoisotopic (exact) mass is 411 g/mol. The van der Waals surface area contributed by atoms with Crippen molar-refractivity contribution < 1.29 is 13.4 Å². The first-order valence-electron chi connectivity index (χ1n) is 9.12. The van der Waals surface area contributed by atoms with Gasteiger partial charge in [-0.1, -0.05) is 0 Å². The number of hydrogen-bond donors (Lipinski definition) is 2. The van der Waals surface area contributed by atoms with E-state index < -0.39 is 33.3 Å². The number of carbonyl (C=O) groups excluding carboxylic acids is 1. The number of nitrogens with zero attached hydrogens (tertiary/aromatic N) is 3. The summed E-state index contributed by atoms with van der Waals surface area (Å²) in [6.07, 6.45) is 3.76. The van der Waals surface area contributed by atoms with Crippen LogP contribution in [0.25, 0.3) is 0 Å². The van der Waals surface area contributed by atoms with Crippen molar-refractivity contribution >= 4 is 28.2 Å². The van der Waals surface area contributed by atoms with E-state index in [1.807, 2.05) is 6.07 Å². The van der Waals surface area contributed by atoms with Crippen molar-refractivity contribution in [1.82, 2.24) is 4.98 Å². The van der Waals surface area contributed by atoms with Gasteiger partial charge in [0.2, 0.25) is 0 Å². The minimum absolute atomic E-state index is 0.128. The number of halogens is 1. The van der Waals surface area contributed by atoms with Crippen LogP contribution in [0.1, 0.15) is 46.9 Å². The molecular formula is C20H18FN5O2S. The number of hydrogen-bond acceptors (Lipinski definition) is 6. The van der Waals surface area contributed by atoms with E-state index in [0.717, 1.165) is 19.3 Å². The fraction of sp³-hybridized carbons (Fsp3) is 0.300. The molecule has 2 aromatic rings. The van der Waals surface area contributed by atoms with Crippen LogP contribution < -0.4 is 11.1 Å². The van der Waals surface area contributed by atoms with Crippen molar-refractivity contribution in [3.63, 3.8) is 0 Å². The van der Waals surface area contributed by atoms with Crippen molar-refractivity contribution in [2.24, 2.45) is 10.7 Å². The molecule has 3 N–H and O–H groups in total. The highest BCUT2D eigenvalue weighted by Crippen LogP contribution is 2.43. The molecule has 9 heteroatoms. The molecule has 4 rings (SSSR count). The van der Waals surface area contributed by atoms with Crippen LogP contribution in [-0.2, 0) is 10.8 Å². The molecule has 2 atom stereocenters. The van der Waals surface area contributed by atoms with E-state index in [0.29, 0.717) is 17.1 Å². The highest BCUT2D eigenvalue weighted by Gasteiger charge is 2.49. The predicted octanol–water partition coefficient (Wildman–Crippen LogP) is 2.43. The van der Waals surface area contributed by atoms with Crippen molar-refractivity contribution in [3.05, 3.63) is 59.2 Å². The van der Waals surface area contributed by atoms with Crippen molar-refractivity contribution in [1.29, 1.82) is 5.26 Å². The number of pyridine rings is 1. The standard InChI is InChI=1S/C20H18FN5O2S/c21-15-4-3-13(25-18(27)16-5-2-12(9-22)10-24-16)8-14(15)17-11-29(28)20(6-1-7-20)19(23)26-17/h2-5,8,10,17H,1,6-7,11H2,(H2,23,26)(H,25,27). The molecule has 1 aromatic heterocycles. The lowest BCUT2D eigenvalue weighted by molar-refractivity contribution is 0.102. The summed E-state index contributed by atoms with van der Waals surface area (Å²) < 4.78 is 26.7. The Morgan fingerprint density at radius 3 is 2.72 bits per heavy atom. The minimum atomic E-state index is -1.22. The third-order valence-corrected chi connectivity index (χ3v) is 7.51. The quantitative estimate of drug-likeness (QED) is 0.803. The molecular weight excluding hydrogens is 393 g/mol. The summed E-state index contributed by atoms with van der Waals surface area (Å²) in [6.45, 7) is 0. The van der Waals surface area contributed by atoms with Gasteiger partial charge in [-0.05, 0) is 49.6 Å². The minimum Gasteiger partial charge on any atom is -0.386 e. The normalized spacial score (nSPS) is 22.3. The third-order valence-electron chi connectivity index (χ3n) is 5.41. The summed E-state index contributed by atoms with van der Waals surface area (Å²) in [5.41, 5.74) is 7.17. The Labute approximate surface area is 169 Å². The van der Waals surface area contributed by atoms with Gasteiger partial charge in [0.05, 0.1) is 17.4 Å². The predicted molar refractivity (Wildman–Crippen MR) is 107 cm³/mol. The second-order valence-electron chi connectivity index (χ2n) is 7.12. The molecule has 1 saturated carbocycles. The van der Waals surface area contributed by atoms with Gasteiger partial charge in [-0.15, -0.1) is 0 Å². The number of aromatic nitrogens is 1. The zero-order chi connectivity index (χ0) is 20.6. The molecule has 1 aliphatic carbocycles. The highest BCUT2D eigenvalue weighted by molar-refractivity contribution is 7.87. The Hall–Kier alpha value is -3.12. The summed E-state index contributed by atoms with van der Waals surface area (Å²) in [5.74, 6) is -0.459. The first-order chi connectivity index (χ1) is 13.9. The number of rotatable bonds is 3. The number of nitrogens with two attached hydrogens (primary N) is 1. The Balaban J connectivity index is 1.57. The number of nitriles is 1. The van der Waals surface area contributed by atoms with Gasteiger partial charge in [0.1, 0.15) is 28.2 Å². The summed E-state index contributed by atoms with van der Waals surface area (Å²) in [5, 5.41) is 11.5. The topological polar surface area (TPSA) is 121 Å². The molecule has 0 bridgehead atoms. The molecule has 29 heavy (non-hydrogen) atoms. The molecule has 1 fully saturated rings. The van der Waals surface area contributed by atoms with E-state index in [1.165, 1.54) is 36.5 Å². The molecule has 1 spiro atoms. The molecule has 2 unspecified atom stereocenters. The smallest absolute Gasteiger partial charge is 0.274 e. The van der Waals surface area contributed by atoms with Gasteiger partial charge < -0.3 is 11.1 Å². The first kappa shape index (κ1) is 19.2. The molecule has 1 aromatic carbocycles. The van der Waals surface area contributed by atoms with Crippen molar-refractivity contribution in [3.8, 4) is 6.07 Å². The van der Waals surface area contributed by atoms with Gasteiger partial charge in [-0.25, -0.2) is 9.37 Å². The number of carbonyl (C=O) groups is 1. The molecule has 7 nitrogen and oxygen atoms in total. The summed E-state index contributed by atoms with van der Waals surface area (Å²) >= 11 is 0. The lowest BCUT2D eigenvalue weighted by Gasteiger charge is -2.43. The Kier molecular flexibility index (Phi) is 4.88. The average Bonchev–Trinajstić information content (AvgIpc) is 2.68. The molecule has 0 saturated heterocycles.